The highest BCUT2D eigenvalue weighted by Crippen LogP contribution is 2.15. The molecule has 80 valence electrons. The molecule has 0 bridgehead atoms. The molecular weight excluding hydrogens is 192 g/mol. The first-order valence-corrected chi connectivity index (χ1v) is 4.77. The van der Waals surface area contributed by atoms with Crippen molar-refractivity contribution in [3.8, 4) is 0 Å². The Bertz CT molecular complexity index is 371. The lowest BCUT2D eigenvalue weighted by Crippen LogP contribution is -2.07. The number of hydrogen-bond donors (Lipinski definition) is 0. The number of allylic oxidation sites excluding steroid dienone is 1. The number of hydrogen-bond acceptors (Lipinski definition) is 4. The van der Waals surface area contributed by atoms with Crippen molar-refractivity contribution in [3.63, 3.8) is 0 Å². The topological polar surface area (TPSA) is 52.1 Å². The zero-order chi connectivity index (χ0) is 11.3. The fourth-order valence-corrected chi connectivity index (χ4v) is 1.08. The van der Waals surface area contributed by atoms with Gasteiger partial charge in [0.05, 0.1) is 18.5 Å². The van der Waals surface area contributed by atoms with Gasteiger partial charge in [0.15, 0.2) is 0 Å². The molecule has 1 aromatic rings. The van der Waals surface area contributed by atoms with Crippen LogP contribution in [0.1, 0.15) is 26.5 Å². The quantitative estimate of drug-likeness (QED) is 0.559. The molecule has 0 atom stereocenters. The van der Waals surface area contributed by atoms with Crippen molar-refractivity contribution < 1.29 is 9.53 Å². The maximum Gasteiger partial charge on any atom is 0.334 e. The molecule has 4 nitrogen and oxygen atoms in total. The Morgan fingerprint density at radius 3 is 2.67 bits per heavy atom. The van der Waals surface area contributed by atoms with Gasteiger partial charge in [-0.25, -0.2) is 4.79 Å². The van der Waals surface area contributed by atoms with Crippen molar-refractivity contribution in [1.82, 2.24) is 9.97 Å². The van der Waals surface area contributed by atoms with Crippen LogP contribution in [0.3, 0.4) is 0 Å². The van der Waals surface area contributed by atoms with E-state index in [-0.39, 0.29) is 5.97 Å². The van der Waals surface area contributed by atoms with Gasteiger partial charge in [0.2, 0.25) is 0 Å². The standard InChI is InChI=1S/C11H14N2O2/c1-4-15-11(14)9(3)8(2)10-7-12-5-6-13-10/h5-7H,4H2,1-3H3/b9-8-. The van der Waals surface area contributed by atoms with Crippen LogP contribution in [-0.4, -0.2) is 22.5 Å². The van der Waals surface area contributed by atoms with Crippen molar-refractivity contribution in [1.29, 1.82) is 0 Å². The highest BCUT2D eigenvalue weighted by Gasteiger charge is 2.10. The molecule has 4 heteroatoms. The third-order valence-electron chi connectivity index (χ3n) is 2.09. The Labute approximate surface area is 89.0 Å². The smallest absolute Gasteiger partial charge is 0.334 e. The molecule has 0 fully saturated rings. The number of nitrogens with zero attached hydrogens (tertiary/aromatic N) is 2. The summed E-state index contributed by atoms with van der Waals surface area (Å²) in [5.41, 5.74) is 2.06. The van der Waals surface area contributed by atoms with Crippen LogP contribution in [0, 0.1) is 0 Å². The average molecular weight is 206 g/mol. The van der Waals surface area contributed by atoms with Crippen molar-refractivity contribution in [2.24, 2.45) is 0 Å². The molecule has 1 heterocycles. The van der Waals surface area contributed by atoms with Crippen molar-refractivity contribution in [2.75, 3.05) is 6.61 Å². The second-order valence-corrected chi connectivity index (χ2v) is 3.06. The van der Waals surface area contributed by atoms with E-state index in [0.717, 1.165) is 5.57 Å². The Morgan fingerprint density at radius 1 is 1.40 bits per heavy atom. The molecular formula is C11H14N2O2. The summed E-state index contributed by atoms with van der Waals surface area (Å²) in [4.78, 5) is 19.5. The molecule has 0 N–H and O–H groups in total. The molecule has 0 saturated carbocycles. The third kappa shape index (κ3) is 2.87. The van der Waals surface area contributed by atoms with Crippen molar-refractivity contribution in [2.45, 2.75) is 20.8 Å². The fraction of sp³-hybridized carbons (Fsp3) is 0.364. The minimum absolute atomic E-state index is 0.305. The Kier molecular flexibility index (Phi) is 3.97. The lowest BCUT2D eigenvalue weighted by molar-refractivity contribution is -0.138. The summed E-state index contributed by atoms with van der Waals surface area (Å²) in [5, 5.41) is 0. The van der Waals surface area contributed by atoms with Gasteiger partial charge in [-0.05, 0) is 26.3 Å². The molecule has 0 aliphatic carbocycles. The Morgan fingerprint density at radius 2 is 2.13 bits per heavy atom. The molecule has 0 spiro atoms. The molecule has 0 saturated heterocycles. The SMILES string of the molecule is CCOC(=O)/C(C)=C(/C)c1cnccn1. The summed E-state index contributed by atoms with van der Waals surface area (Å²) in [7, 11) is 0. The lowest BCUT2D eigenvalue weighted by atomic mass is 10.1. The van der Waals surface area contributed by atoms with Crippen LogP contribution in [0.15, 0.2) is 24.2 Å². The largest absolute Gasteiger partial charge is 0.463 e. The highest BCUT2D eigenvalue weighted by atomic mass is 16.5. The second kappa shape index (κ2) is 5.24. The predicted molar refractivity (Wildman–Crippen MR) is 56.9 cm³/mol. The first-order chi connectivity index (χ1) is 7.16. The fourth-order valence-electron chi connectivity index (χ4n) is 1.08. The van der Waals surface area contributed by atoms with Crippen LogP contribution in [-0.2, 0) is 9.53 Å². The number of esters is 1. The normalized spacial score (nSPS) is 11.9. The van der Waals surface area contributed by atoms with Crippen LogP contribution in [0.5, 0.6) is 0 Å². The average Bonchev–Trinajstić information content (AvgIpc) is 2.28. The predicted octanol–water partition coefficient (Wildman–Crippen LogP) is 1.83. The summed E-state index contributed by atoms with van der Waals surface area (Å²) >= 11 is 0. The van der Waals surface area contributed by atoms with E-state index in [2.05, 4.69) is 9.97 Å². The van der Waals surface area contributed by atoms with Gasteiger partial charge in [-0.3, -0.25) is 9.97 Å². The summed E-state index contributed by atoms with van der Waals surface area (Å²) < 4.78 is 4.90. The van der Waals surface area contributed by atoms with Gasteiger partial charge >= 0.3 is 5.97 Å². The number of carbonyl (C=O) groups excluding carboxylic acids is 1. The van der Waals surface area contributed by atoms with E-state index in [1.54, 1.807) is 32.4 Å². The zero-order valence-electron chi connectivity index (χ0n) is 9.15. The van der Waals surface area contributed by atoms with Crippen molar-refractivity contribution >= 4 is 11.5 Å². The zero-order valence-corrected chi connectivity index (χ0v) is 9.15. The monoisotopic (exact) mass is 206 g/mol. The van der Waals surface area contributed by atoms with Crippen LogP contribution < -0.4 is 0 Å². The number of rotatable bonds is 3. The molecule has 0 aliphatic rings. The van der Waals surface area contributed by atoms with E-state index in [1.165, 1.54) is 0 Å². The van der Waals surface area contributed by atoms with Crippen LogP contribution in [0.25, 0.3) is 5.57 Å². The van der Waals surface area contributed by atoms with Crippen LogP contribution in [0.2, 0.25) is 0 Å². The van der Waals surface area contributed by atoms with Gasteiger partial charge in [-0.1, -0.05) is 0 Å². The minimum atomic E-state index is -0.305. The van der Waals surface area contributed by atoms with Gasteiger partial charge in [0.1, 0.15) is 0 Å². The summed E-state index contributed by atoms with van der Waals surface area (Å²) in [6.07, 6.45) is 4.81. The maximum absolute atomic E-state index is 11.4. The number of aromatic nitrogens is 2. The Balaban J connectivity index is 2.95. The first-order valence-electron chi connectivity index (χ1n) is 4.77. The molecule has 1 aromatic heterocycles. The molecule has 0 radical (unpaired) electrons. The molecule has 0 aliphatic heterocycles. The van der Waals surface area contributed by atoms with Gasteiger partial charge < -0.3 is 4.74 Å². The van der Waals surface area contributed by atoms with Gasteiger partial charge in [-0.15, -0.1) is 0 Å². The van der Waals surface area contributed by atoms with E-state index in [0.29, 0.717) is 17.9 Å². The van der Waals surface area contributed by atoms with Gasteiger partial charge in [-0.2, -0.15) is 0 Å². The number of ether oxygens (including phenoxy) is 1. The summed E-state index contributed by atoms with van der Waals surface area (Å²) in [6, 6.07) is 0. The van der Waals surface area contributed by atoms with Gasteiger partial charge in [0.25, 0.3) is 0 Å². The van der Waals surface area contributed by atoms with Crippen LogP contribution in [0.4, 0.5) is 0 Å². The van der Waals surface area contributed by atoms with Crippen LogP contribution >= 0.6 is 0 Å². The van der Waals surface area contributed by atoms with Gasteiger partial charge in [0, 0.05) is 18.0 Å². The molecule has 0 aromatic carbocycles. The second-order valence-electron chi connectivity index (χ2n) is 3.06. The van der Waals surface area contributed by atoms with E-state index in [4.69, 9.17) is 4.74 Å². The molecule has 15 heavy (non-hydrogen) atoms. The van der Waals surface area contributed by atoms with Crippen molar-refractivity contribution in [3.05, 3.63) is 29.9 Å². The minimum Gasteiger partial charge on any atom is -0.463 e. The maximum atomic E-state index is 11.4. The summed E-state index contributed by atoms with van der Waals surface area (Å²) in [5.74, 6) is -0.305. The van der Waals surface area contributed by atoms with E-state index < -0.39 is 0 Å². The van der Waals surface area contributed by atoms with E-state index >= 15 is 0 Å². The Hall–Kier alpha value is -1.71. The summed E-state index contributed by atoms with van der Waals surface area (Å²) in [6.45, 7) is 5.71. The van der Waals surface area contributed by atoms with E-state index in [9.17, 15) is 4.79 Å². The molecule has 0 unspecified atom stereocenters. The number of carbonyl (C=O) groups is 1. The van der Waals surface area contributed by atoms with E-state index in [1.807, 2.05) is 6.92 Å². The first kappa shape index (κ1) is 11.4. The highest BCUT2D eigenvalue weighted by molar-refractivity contribution is 5.96. The third-order valence-corrected chi connectivity index (χ3v) is 2.09. The lowest BCUT2D eigenvalue weighted by Gasteiger charge is -2.05. The molecule has 0 amide bonds. The molecule has 1 rings (SSSR count).